The van der Waals surface area contributed by atoms with Gasteiger partial charge < -0.3 is 0 Å². The minimum absolute atomic E-state index is 0.168. The molecule has 0 bridgehead atoms. The van der Waals surface area contributed by atoms with Gasteiger partial charge in [0.05, 0.1) is 5.57 Å². The Labute approximate surface area is 101 Å². The molecular formula is C12H9F4N2. The summed E-state index contributed by atoms with van der Waals surface area (Å²) in [7, 11) is 0. The van der Waals surface area contributed by atoms with Crippen molar-refractivity contribution in [2.24, 2.45) is 5.10 Å². The molecule has 0 saturated carbocycles. The summed E-state index contributed by atoms with van der Waals surface area (Å²) in [6.45, 7) is 1.70. The van der Waals surface area contributed by atoms with Crippen molar-refractivity contribution >= 4 is 5.71 Å². The van der Waals surface area contributed by atoms with Crippen LogP contribution >= 0.6 is 0 Å². The zero-order valence-corrected chi connectivity index (χ0v) is 9.37. The monoisotopic (exact) mass is 257 g/mol. The molecule has 2 rings (SSSR count). The molecule has 1 radical (unpaired) electrons. The molecule has 0 aromatic heterocycles. The van der Waals surface area contributed by atoms with Crippen LogP contribution in [-0.2, 0) is 0 Å². The predicted octanol–water partition coefficient (Wildman–Crippen LogP) is 3.10. The molecule has 2 nitrogen and oxygen atoms in total. The van der Waals surface area contributed by atoms with Crippen LogP contribution < -0.4 is 5.43 Å². The minimum Gasteiger partial charge on any atom is -0.205 e. The van der Waals surface area contributed by atoms with Crippen molar-refractivity contribution in [2.75, 3.05) is 0 Å². The molecular weight excluding hydrogens is 248 g/mol. The average molecular weight is 257 g/mol. The van der Waals surface area contributed by atoms with Crippen LogP contribution in [0.4, 0.5) is 17.6 Å². The van der Waals surface area contributed by atoms with Gasteiger partial charge in [-0.05, 0) is 12.5 Å². The third-order valence-corrected chi connectivity index (χ3v) is 2.61. The lowest BCUT2D eigenvalue weighted by Gasteiger charge is -2.09. The van der Waals surface area contributed by atoms with Crippen LogP contribution in [0.1, 0.15) is 11.1 Å². The molecule has 1 heterocycles. The summed E-state index contributed by atoms with van der Waals surface area (Å²) in [5, 5.41) is 3.48. The SMILES string of the molecule is Cc1ccccc1C1=N[N]C(C(F)F)=C1C(F)F. The van der Waals surface area contributed by atoms with E-state index in [1.165, 1.54) is 0 Å². The lowest BCUT2D eigenvalue weighted by Crippen LogP contribution is -2.15. The molecule has 0 saturated heterocycles. The number of nitrogens with zero attached hydrogens (tertiary/aromatic N) is 2. The Morgan fingerprint density at radius 2 is 1.67 bits per heavy atom. The Hall–Kier alpha value is -1.85. The van der Waals surface area contributed by atoms with E-state index in [0.717, 1.165) is 0 Å². The molecule has 1 aromatic rings. The quantitative estimate of drug-likeness (QED) is 0.744. The minimum atomic E-state index is -3.06. The van der Waals surface area contributed by atoms with Crippen LogP contribution in [0.3, 0.4) is 0 Å². The van der Waals surface area contributed by atoms with Crippen molar-refractivity contribution in [1.82, 2.24) is 5.43 Å². The van der Waals surface area contributed by atoms with Crippen molar-refractivity contribution in [3.63, 3.8) is 0 Å². The molecule has 0 amide bonds. The number of rotatable bonds is 3. The summed E-state index contributed by atoms with van der Waals surface area (Å²) in [4.78, 5) is 0. The summed E-state index contributed by atoms with van der Waals surface area (Å²) < 4.78 is 50.9. The first kappa shape index (κ1) is 12.6. The van der Waals surface area contributed by atoms with Gasteiger partial charge in [0.2, 0.25) is 0 Å². The van der Waals surface area contributed by atoms with Gasteiger partial charge in [-0.1, -0.05) is 24.3 Å². The zero-order chi connectivity index (χ0) is 13.3. The maximum Gasteiger partial charge on any atom is 0.282 e. The second kappa shape index (κ2) is 4.80. The van der Waals surface area contributed by atoms with Crippen molar-refractivity contribution in [3.8, 4) is 0 Å². The van der Waals surface area contributed by atoms with E-state index in [1.54, 1.807) is 31.2 Å². The highest BCUT2D eigenvalue weighted by atomic mass is 19.3. The van der Waals surface area contributed by atoms with Gasteiger partial charge in [-0.15, -0.1) is 10.5 Å². The van der Waals surface area contributed by atoms with E-state index < -0.39 is 24.1 Å². The zero-order valence-electron chi connectivity index (χ0n) is 9.37. The predicted molar refractivity (Wildman–Crippen MR) is 58.9 cm³/mol. The lowest BCUT2D eigenvalue weighted by molar-refractivity contribution is 0.163. The van der Waals surface area contributed by atoms with Gasteiger partial charge in [-0.3, -0.25) is 0 Å². The van der Waals surface area contributed by atoms with E-state index in [2.05, 4.69) is 10.5 Å². The normalized spacial score (nSPS) is 15.4. The first-order chi connectivity index (χ1) is 8.52. The highest BCUT2D eigenvalue weighted by Gasteiger charge is 2.34. The summed E-state index contributed by atoms with van der Waals surface area (Å²) in [6.07, 6.45) is -6.09. The molecule has 95 valence electrons. The number of aryl methyl sites for hydroxylation is 1. The summed E-state index contributed by atoms with van der Waals surface area (Å²) in [6, 6.07) is 6.61. The van der Waals surface area contributed by atoms with Gasteiger partial charge >= 0.3 is 0 Å². The number of halogens is 4. The number of allylic oxidation sites excluding steroid dienone is 2. The second-order valence-corrected chi connectivity index (χ2v) is 3.76. The van der Waals surface area contributed by atoms with Crippen molar-refractivity contribution < 1.29 is 17.6 Å². The fourth-order valence-corrected chi connectivity index (χ4v) is 1.75. The molecule has 1 aromatic carbocycles. The van der Waals surface area contributed by atoms with Crippen molar-refractivity contribution in [3.05, 3.63) is 46.7 Å². The summed E-state index contributed by atoms with van der Waals surface area (Å²) in [5.41, 5.74) is 2.36. The van der Waals surface area contributed by atoms with Gasteiger partial charge in [0.1, 0.15) is 11.4 Å². The maximum atomic E-state index is 12.9. The molecule has 0 fully saturated rings. The molecule has 0 N–H and O–H groups in total. The van der Waals surface area contributed by atoms with Gasteiger partial charge in [-0.25, -0.2) is 17.6 Å². The van der Waals surface area contributed by atoms with Crippen LogP contribution in [0.25, 0.3) is 0 Å². The number of hydrogen-bond acceptors (Lipinski definition) is 1. The van der Waals surface area contributed by atoms with Gasteiger partial charge in [0, 0.05) is 5.56 Å². The van der Waals surface area contributed by atoms with Crippen LogP contribution in [0.15, 0.2) is 40.6 Å². The molecule has 6 heteroatoms. The first-order valence-electron chi connectivity index (χ1n) is 5.17. The van der Waals surface area contributed by atoms with Gasteiger partial charge in [0.25, 0.3) is 12.9 Å². The van der Waals surface area contributed by atoms with E-state index in [9.17, 15) is 17.6 Å². The Morgan fingerprint density at radius 3 is 2.22 bits per heavy atom. The standard InChI is InChI=1S/C12H9F4N2/c1-6-4-2-3-5-7(6)9-8(11(13)14)10(12(15)16)18-17-9/h2-5,11-12H,1H3. The summed E-state index contributed by atoms with van der Waals surface area (Å²) >= 11 is 0. The summed E-state index contributed by atoms with van der Waals surface area (Å²) in [5.74, 6) is 0. The first-order valence-corrected chi connectivity index (χ1v) is 5.17. The number of hydrogen-bond donors (Lipinski definition) is 0. The largest absolute Gasteiger partial charge is 0.282 e. The number of benzene rings is 1. The third kappa shape index (κ3) is 2.10. The molecule has 0 unspecified atom stereocenters. The fourth-order valence-electron chi connectivity index (χ4n) is 1.75. The van der Waals surface area contributed by atoms with Crippen LogP contribution in [0, 0.1) is 6.92 Å². The second-order valence-electron chi connectivity index (χ2n) is 3.76. The molecule has 1 aliphatic heterocycles. The van der Waals surface area contributed by atoms with Crippen LogP contribution in [0.2, 0.25) is 0 Å². The van der Waals surface area contributed by atoms with E-state index in [4.69, 9.17) is 0 Å². The Morgan fingerprint density at radius 1 is 1.00 bits per heavy atom. The smallest absolute Gasteiger partial charge is 0.205 e. The van der Waals surface area contributed by atoms with Gasteiger partial charge in [-0.2, -0.15) is 0 Å². The Kier molecular flexibility index (Phi) is 3.36. The fraction of sp³-hybridized carbons (Fsp3) is 0.250. The molecule has 0 atom stereocenters. The van der Waals surface area contributed by atoms with E-state index in [-0.39, 0.29) is 5.71 Å². The molecule has 0 aliphatic carbocycles. The third-order valence-electron chi connectivity index (χ3n) is 2.61. The lowest BCUT2D eigenvalue weighted by atomic mass is 9.98. The highest BCUT2D eigenvalue weighted by Crippen LogP contribution is 2.28. The van der Waals surface area contributed by atoms with Crippen LogP contribution in [0.5, 0.6) is 0 Å². The molecule has 18 heavy (non-hydrogen) atoms. The number of alkyl halides is 4. The van der Waals surface area contributed by atoms with Crippen LogP contribution in [-0.4, -0.2) is 18.6 Å². The highest BCUT2D eigenvalue weighted by molar-refractivity contribution is 6.15. The van der Waals surface area contributed by atoms with Crippen molar-refractivity contribution in [2.45, 2.75) is 19.8 Å². The van der Waals surface area contributed by atoms with E-state index >= 15 is 0 Å². The van der Waals surface area contributed by atoms with E-state index in [0.29, 0.717) is 11.1 Å². The topological polar surface area (TPSA) is 26.5 Å². The van der Waals surface area contributed by atoms with E-state index in [1.807, 2.05) is 0 Å². The van der Waals surface area contributed by atoms with Crippen molar-refractivity contribution in [1.29, 1.82) is 0 Å². The Bertz CT molecular complexity index is 521. The maximum absolute atomic E-state index is 12.9. The van der Waals surface area contributed by atoms with Gasteiger partial charge in [0.15, 0.2) is 0 Å². The average Bonchev–Trinajstić information content (AvgIpc) is 2.74. The molecule has 0 spiro atoms. The molecule has 1 aliphatic rings. The Balaban J connectivity index is 2.50.